The van der Waals surface area contributed by atoms with Crippen LogP contribution in [0.15, 0.2) is 34.1 Å². The maximum Gasteiger partial charge on any atom is 0.332 e. The number of ether oxygens (including phenoxy) is 2. The summed E-state index contributed by atoms with van der Waals surface area (Å²) in [4.78, 5) is 32.4. The molecular formula is C18H20N4O4. The van der Waals surface area contributed by atoms with Gasteiger partial charge in [0.1, 0.15) is 18.7 Å². The summed E-state index contributed by atoms with van der Waals surface area (Å²) in [7, 11) is 0. The molecule has 8 heteroatoms. The molecule has 26 heavy (non-hydrogen) atoms. The Balaban J connectivity index is 1.67. The average Bonchev–Trinajstić information content (AvgIpc) is 3.15. The number of hydrogen-bond donors (Lipinski definition) is 1. The summed E-state index contributed by atoms with van der Waals surface area (Å²) in [5.41, 5.74) is 1.09. The lowest BCUT2D eigenvalue weighted by molar-refractivity contribution is 0.171. The fourth-order valence-electron chi connectivity index (χ4n) is 3.21. The third-order valence-electron chi connectivity index (χ3n) is 4.47. The van der Waals surface area contributed by atoms with Gasteiger partial charge in [0.05, 0.1) is 6.33 Å². The van der Waals surface area contributed by atoms with Crippen LogP contribution in [0.2, 0.25) is 0 Å². The number of imidazole rings is 1. The highest BCUT2D eigenvalue weighted by Gasteiger charge is 2.16. The Labute approximate surface area is 149 Å². The minimum absolute atomic E-state index is 0.288. The normalized spacial score (nSPS) is 13.3. The first-order valence-electron chi connectivity index (χ1n) is 8.74. The van der Waals surface area contributed by atoms with Crippen LogP contribution in [0.25, 0.3) is 11.2 Å². The second-order valence-electron chi connectivity index (χ2n) is 6.22. The van der Waals surface area contributed by atoms with Crippen LogP contribution in [0, 0.1) is 0 Å². The molecule has 3 heterocycles. The highest BCUT2D eigenvalue weighted by atomic mass is 16.6. The van der Waals surface area contributed by atoms with Crippen molar-refractivity contribution in [3.05, 3.63) is 50.9 Å². The molecule has 3 aromatic rings. The van der Waals surface area contributed by atoms with Gasteiger partial charge in [-0.2, -0.15) is 0 Å². The van der Waals surface area contributed by atoms with Gasteiger partial charge in [-0.3, -0.25) is 13.9 Å². The van der Waals surface area contributed by atoms with Gasteiger partial charge in [-0.1, -0.05) is 13.0 Å². The molecule has 0 atom stereocenters. The molecule has 0 radical (unpaired) electrons. The maximum atomic E-state index is 12.8. The van der Waals surface area contributed by atoms with Crippen molar-refractivity contribution in [3.8, 4) is 11.5 Å². The summed E-state index contributed by atoms with van der Waals surface area (Å²) in [6.07, 6.45) is 2.77. The van der Waals surface area contributed by atoms with E-state index in [2.05, 4.69) is 9.97 Å². The minimum Gasteiger partial charge on any atom is -0.486 e. The van der Waals surface area contributed by atoms with E-state index in [0.29, 0.717) is 43.1 Å². The number of aromatic nitrogens is 4. The molecule has 0 saturated heterocycles. The molecule has 1 aromatic carbocycles. The van der Waals surface area contributed by atoms with Crippen molar-refractivity contribution >= 4 is 11.2 Å². The zero-order chi connectivity index (χ0) is 18.1. The fraction of sp³-hybridized carbons (Fsp3) is 0.389. The monoisotopic (exact) mass is 356 g/mol. The average molecular weight is 356 g/mol. The Morgan fingerprint density at radius 2 is 1.92 bits per heavy atom. The molecule has 8 nitrogen and oxygen atoms in total. The van der Waals surface area contributed by atoms with Crippen molar-refractivity contribution in [2.24, 2.45) is 0 Å². The Kier molecular flexibility index (Phi) is 4.24. The SMILES string of the molecule is CCCn1c(=O)n(CCc2ccc3c(c2)OCCO3)c(=O)c2[nH]cnc21. The minimum atomic E-state index is -0.340. The number of aryl methyl sites for hydroxylation is 2. The van der Waals surface area contributed by atoms with Gasteiger partial charge < -0.3 is 14.5 Å². The first-order chi connectivity index (χ1) is 12.7. The standard InChI is InChI=1S/C18H20N4O4/c1-2-6-21-16-15(19-11-20-16)17(23)22(18(21)24)7-5-12-3-4-13-14(10-12)26-9-8-25-13/h3-4,10-11H,2,5-9H2,1H3,(H,19,20). The van der Waals surface area contributed by atoms with Crippen LogP contribution < -0.4 is 20.7 Å². The number of hydrogen-bond acceptors (Lipinski definition) is 5. The molecule has 2 aromatic heterocycles. The van der Waals surface area contributed by atoms with Crippen molar-refractivity contribution < 1.29 is 9.47 Å². The summed E-state index contributed by atoms with van der Waals surface area (Å²) < 4.78 is 13.9. The molecule has 4 rings (SSSR count). The van der Waals surface area contributed by atoms with Gasteiger partial charge in [0.15, 0.2) is 17.1 Å². The van der Waals surface area contributed by atoms with Crippen molar-refractivity contribution in [2.75, 3.05) is 13.2 Å². The predicted molar refractivity (Wildman–Crippen MR) is 96.0 cm³/mol. The fourth-order valence-corrected chi connectivity index (χ4v) is 3.21. The molecular weight excluding hydrogens is 336 g/mol. The summed E-state index contributed by atoms with van der Waals surface area (Å²) in [5.74, 6) is 1.43. The molecule has 0 amide bonds. The topological polar surface area (TPSA) is 91.1 Å². The highest BCUT2D eigenvalue weighted by Crippen LogP contribution is 2.30. The third kappa shape index (κ3) is 2.77. The van der Waals surface area contributed by atoms with Crippen LogP contribution in [0.5, 0.6) is 11.5 Å². The quantitative estimate of drug-likeness (QED) is 0.744. The van der Waals surface area contributed by atoms with E-state index in [4.69, 9.17) is 9.47 Å². The van der Waals surface area contributed by atoms with E-state index in [-0.39, 0.29) is 17.8 Å². The predicted octanol–water partition coefficient (Wildman–Crippen LogP) is 1.31. The second-order valence-corrected chi connectivity index (χ2v) is 6.22. The number of benzene rings is 1. The molecule has 1 aliphatic rings. The van der Waals surface area contributed by atoms with E-state index in [1.807, 2.05) is 25.1 Å². The zero-order valence-corrected chi connectivity index (χ0v) is 14.5. The number of fused-ring (bicyclic) bond motifs is 2. The number of rotatable bonds is 5. The van der Waals surface area contributed by atoms with Gasteiger partial charge in [0.25, 0.3) is 5.56 Å². The van der Waals surface area contributed by atoms with Crippen LogP contribution in [-0.2, 0) is 19.5 Å². The molecule has 1 aliphatic heterocycles. The van der Waals surface area contributed by atoms with Crippen LogP contribution in [0.3, 0.4) is 0 Å². The smallest absolute Gasteiger partial charge is 0.332 e. The Hall–Kier alpha value is -3.03. The van der Waals surface area contributed by atoms with Gasteiger partial charge in [0.2, 0.25) is 0 Å². The molecule has 136 valence electrons. The molecule has 0 aliphatic carbocycles. The van der Waals surface area contributed by atoms with Gasteiger partial charge in [0, 0.05) is 13.1 Å². The van der Waals surface area contributed by atoms with Gasteiger partial charge in [-0.05, 0) is 30.5 Å². The zero-order valence-electron chi connectivity index (χ0n) is 14.5. The Bertz CT molecular complexity index is 1060. The molecule has 0 bridgehead atoms. The van der Waals surface area contributed by atoms with Crippen molar-refractivity contribution in [2.45, 2.75) is 32.9 Å². The van der Waals surface area contributed by atoms with E-state index in [0.717, 1.165) is 17.7 Å². The van der Waals surface area contributed by atoms with E-state index in [9.17, 15) is 9.59 Å². The maximum absolute atomic E-state index is 12.8. The highest BCUT2D eigenvalue weighted by molar-refractivity contribution is 5.68. The number of aromatic amines is 1. The van der Waals surface area contributed by atoms with Crippen molar-refractivity contribution in [1.29, 1.82) is 0 Å². The molecule has 0 spiro atoms. The lowest BCUT2D eigenvalue weighted by Gasteiger charge is -2.19. The number of H-pyrrole nitrogens is 1. The lowest BCUT2D eigenvalue weighted by Crippen LogP contribution is -2.40. The summed E-state index contributed by atoms with van der Waals surface area (Å²) in [5, 5.41) is 0. The van der Waals surface area contributed by atoms with E-state index >= 15 is 0 Å². The van der Waals surface area contributed by atoms with Crippen molar-refractivity contribution in [1.82, 2.24) is 19.1 Å². The third-order valence-corrected chi connectivity index (χ3v) is 4.47. The largest absolute Gasteiger partial charge is 0.486 e. The van der Waals surface area contributed by atoms with Gasteiger partial charge in [-0.25, -0.2) is 9.78 Å². The second kappa shape index (κ2) is 6.70. The first-order valence-corrected chi connectivity index (χ1v) is 8.74. The van der Waals surface area contributed by atoms with Crippen molar-refractivity contribution in [3.63, 3.8) is 0 Å². The van der Waals surface area contributed by atoms with E-state index in [1.54, 1.807) is 4.57 Å². The molecule has 0 saturated carbocycles. The molecule has 1 N–H and O–H groups in total. The van der Waals surface area contributed by atoms with E-state index < -0.39 is 0 Å². The van der Waals surface area contributed by atoms with E-state index in [1.165, 1.54) is 10.9 Å². The van der Waals surface area contributed by atoms with Gasteiger partial charge >= 0.3 is 5.69 Å². The summed E-state index contributed by atoms with van der Waals surface area (Å²) in [6, 6.07) is 5.69. The number of nitrogens with zero attached hydrogens (tertiary/aromatic N) is 3. The number of nitrogens with one attached hydrogen (secondary N) is 1. The van der Waals surface area contributed by atoms with Crippen LogP contribution in [0.1, 0.15) is 18.9 Å². The van der Waals surface area contributed by atoms with Crippen LogP contribution in [-0.4, -0.2) is 32.3 Å². The summed E-state index contributed by atoms with van der Waals surface area (Å²) in [6.45, 7) is 3.85. The Morgan fingerprint density at radius 1 is 1.12 bits per heavy atom. The van der Waals surface area contributed by atoms with Crippen LogP contribution in [0.4, 0.5) is 0 Å². The first kappa shape index (κ1) is 16.4. The Morgan fingerprint density at radius 3 is 2.73 bits per heavy atom. The van der Waals surface area contributed by atoms with Gasteiger partial charge in [-0.15, -0.1) is 0 Å². The molecule has 0 unspecified atom stereocenters. The molecule has 0 fully saturated rings. The summed E-state index contributed by atoms with van der Waals surface area (Å²) >= 11 is 0. The van der Waals surface area contributed by atoms with Crippen LogP contribution >= 0.6 is 0 Å². The lowest BCUT2D eigenvalue weighted by atomic mass is 10.1.